The number of benzene rings is 3. The van der Waals surface area contributed by atoms with Gasteiger partial charge in [-0.05, 0) is 54.6 Å². The van der Waals surface area contributed by atoms with Crippen LogP contribution in [0.2, 0.25) is 0 Å². The van der Waals surface area contributed by atoms with E-state index in [1.165, 1.54) is 44.6 Å². The molecule has 10 heteroatoms. The number of methoxy groups -OCH3 is 2. The van der Waals surface area contributed by atoms with Gasteiger partial charge in [-0.25, -0.2) is 8.42 Å². The zero-order valence-electron chi connectivity index (χ0n) is 20.0. The second kappa shape index (κ2) is 11.9. The number of hydrogen-bond donors (Lipinski definition) is 3. The van der Waals surface area contributed by atoms with Crippen molar-refractivity contribution in [2.45, 2.75) is 4.90 Å². The molecule has 0 radical (unpaired) electrons. The molecule has 0 saturated heterocycles. The molecule has 3 aromatic rings. The Hall–Kier alpha value is -4.59. The predicted molar refractivity (Wildman–Crippen MR) is 139 cm³/mol. The highest BCUT2D eigenvalue weighted by molar-refractivity contribution is 7.89. The number of aliphatic carboxylic acids is 1. The lowest BCUT2D eigenvalue weighted by Crippen LogP contribution is -2.29. The van der Waals surface area contributed by atoms with Crippen LogP contribution >= 0.6 is 0 Å². The Kier molecular flexibility index (Phi) is 8.68. The number of sulfonamides is 1. The molecule has 4 N–H and O–H groups in total. The maximum atomic E-state index is 12.7. The molecule has 0 aliphatic carbocycles. The van der Waals surface area contributed by atoms with Crippen molar-refractivity contribution in [3.05, 3.63) is 89.0 Å². The summed E-state index contributed by atoms with van der Waals surface area (Å²) in [6.45, 7) is -0.749. The van der Waals surface area contributed by atoms with Crippen LogP contribution in [-0.4, -0.2) is 46.0 Å². The van der Waals surface area contributed by atoms with Crippen molar-refractivity contribution in [3.63, 3.8) is 0 Å². The standard InChI is InChI=1S/C27H24N2O7S/c1-35-25-16-26(36-2)21(15-20(25)8-7-18-5-3-4-6-23(18)28)11-14-24(30)19-9-12-22(13-10-19)37(33,34)29-17-27(31)32/h3-6,9-16,29H,17,28H2,1-2H3,(H,31,32). The normalized spacial score (nSPS) is 11.0. The molecule has 0 aliphatic heterocycles. The fourth-order valence-corrected chi connectivity index (χ4v) is 4.17. The van der Waals surface area contributed by atoms with Gasteiger partial charge in [-0.2, -0.15) is 4.72 Å². The number of anilines is 1. The summed E-state index contributed by atoms with van der Waals surface area (Å²) in [7, 11) is -1.01. The highest BCUT2D eigenvalue weighted by Gasteiger charge is 2.16. The first-order valence-corrected chi connectivity index (χ1v) is 12.3. The molecule has 3 rings (SSSR count). The minimum atomic E-state index is -4.01. The minimum absolute atomic E-state index is 0.159. The van der Waals surface area contributed by atoms with Crippen molar-refractivity contribution >= 4 is 33.5 Å². The van der Waals surface area contributed by atoms with E-state index in [1.807, 2.05) is 16.9 Å². The minimum Gasteiger partial charge on any atom is -0.496 e. The SMILES string of the molecule is COc1cc(OC)c(C=CC(=O)c2ccc(S(=O)(=O)NCC(=O)O)cc2)cc1C#Cc1ccccc1N. The molecule has 0 aliphatic rings. The van der Waals surface area contributed by atoms with E-state index in [-0.39, 0.29) is 16.2 Å². The fourth-order valence-electron chi connectivity index (χ4n) is 3.20. The molecule has 190 valence electrons. The molecule has 0 fully saturated rings. The van der Waals surface area contributed by atoms with Crippen molar-refractivity contribution in [2.75, 3.05) is 26.5 Å². The molecule has 9 nitrogen and oxygen atoms in total. The predicted octanol–water partition coefficient (Wildman–Crippen LogP) is 2.94. The third kappa shape index (κ3) is 6.98. The molecule has 0 spiro atoms. The monoisotopic (exact) mass is 520 g/mol. The zero-order chi connectivity index (χ0) is 27.0. The Morgan fingerprint density at radius 3 is 2.24 bits per heavy atom. The number of hydrogen-bond acceptors (Lipinski definition) is 7. The number of carboxylic acids is 1. The van der Waals surface area contributed by atoms with Crippen molar-refractivity contribution < 1.29 is 32.6 Å². The molecule has 0 aromatic heterocycles. The Balaban J connectivity index is 1.86. The van der Waals surface area contributed by atoms with Crippen molar-refractivity contribution in [1.29, 1.82) is 0 Å². The quantitative estimate of drug-likeness (QED) is 0.169. The molecule has 0 unspecified atom stereocenters. The number of carboxylic acid groups (broad SMARTS) is 1. The maximum absolute atomic E-state index is 12.7. The van der Waals surface area contributed by atoms with Gasteiger partial charge in [0.25, 0.3) is 0 Å². The highest BCUT2D eigenvalue weighted by Crippen LogP contribution is 2.30. The Bertz CT molecular complexity index is 1520. The number of nitrogen functional groups attached to an aromatic ring is 1. The number of carbonyl (C=O) groups is 2. The summed E-state index contributed by atoms with van der Waals surface area (Å²) >= 11 is 0. The van der Waals surface area contributed by atoms with E-state index in [0.29, 0.717) is 33.9 Å². The lowest BCUT2D eigenvalue weighted by Gasteiger charge is -2.10. The average Bonchev–Trinajstić information content (AvgIpc) is 2.90. The van der Waals surface area contributed by atoms with Crippen LogP contribution in [0.1, 0.15) is 27.0 Å². The first-order valence-electron chi connectivity index (χ1n) is 10.8. The summed E-state index contributed by atoms with van der Waals surface area (Å²) in [5.41, 5.74) is 8.54. The van der Waals surface area contributed by atoms with Gasteiger partial charge >= 0.3 is 5.97 Å². The Morgan fingerprint density at radius 2 is 1.62 bits per heavy atom. The zero-order valence-corrected chi connectivity index (χ0v) is 20.8. The van der Waals surface area contributed by atoms with Gasteiger partial charge < -0.3 is 20.3 Å². The number of nitrogens with two attached hydrogens (primary N) is 1. The van der Waals surface area contributed by atoms with Crippen LogP contribution in [0.5, 0.6) is 11.5 Å². The van der Waals surface area contributed by atoms with Crippen LogP contribution in [-0.2, 0) is 14.8 Å². The summed E-state index contributed by atoms with van der Waals surface area (Å²) in [4.78, 5) is 23.2. The first-order chi connectivity index (χ1) is 17.6. The van der Waals surface area contributed by atoms with Crippen LogP contribution in [0.25, 0.3) is 6.08 Å². The van der Waals surface area contributed by atoms with Gasteiger partial charge in [0.05, 0.1) is 24.7 Å². The van der Waals surface area contributed by atoms with E-state index >= 15 is 0 Å². The van der Waals surface area contributed by atoms with E-state index in [4.69, 9.17) is 20.3 Å². The molecule has 37 heavy (non-hydrogen) atoms. The van der Waals surface area contributed by atoms with Crippen LogP contribution in [0, 0.1) is 11.8 Å². The van der Waals surface area contributed by atoms with Gasteiger partial charge in [0.15, 0.2) is 5.78 Å². The molecular weight excluding hydrogens is 496 g/mol. The molecule has 0 amide bonds. The van der Waals surface area contributed by atoms with Crippen LogP contribution in [0.15, 0.2) is 71.6 Å². The summed E-state index contributed by atoms with van der Waals surface area (Å²) in [5, 5.41) is 8.66. The van der Waals surface area contributed by atoms with Crippen LogP contribution in [0.3, 0.4) is 0 Å². The summed E-state index contributed by atoms with van der Waals surface area (Å²) < 4.78 is 37.1. The summed E-state index contributed by atoms with van der Waals surface area (Å²) in [5.74, 6) is 5.30. The Morgan fingerprint density at radius 1 is 0.973 bits per heavy atom. The number of rotatable bonds is 9. The van der Waals surface area contributed by atoms with Gasteiger partial charge in [-0.3, -0.25) is 9.59 Å². The lowest BCUT2D eigenvalue weighted by molar-refractivity contribution is -0.135. The third-order valence-corrected chi connectivity index (χ3v) is 6.54. The smallest absolute Gasteiger partial charge is 0.318 e. The molecule has 0 atom stereocenters. The topological polar surface area (TPSA) is 145 Å². The van der Waals surface area contributed by atoms with Crippen molar-refractivity contribution in [1.82, 2.24) is 4.72 Å². The molecule has 0 saturated carbocycles. The van der Waals surface area contributed by atoms with Gasteiger partial charge in [0, 0.05) is 28.4 Å². The Labute approximate surface area is 214 Å². The number of ketones is 1. The van der Waals surface area contributed by atoms with Gasteiger partial charge in [0.2, 0.25) is 10.0 Å². The van der Waals surface area contributed by atoms with Crippen LogP contribution < -0.4 is 19.9 Å². The molecular formula is C27H24N2O7S. The second-order valence-electron chi connectivity index (χ2n) is 7.57. The lowest BCUT2D eigenvalue weighted by atomic mass is 10.0. The molecule has 3 aromatic carbocycles. The number of nitrogens with one attached hydrogen (secondary N) is 1. The largest absolute Gasteiger partial charge is 0.496 e. The van der Waals surface area contributed by atoms with Gasteiger partial charge in [-0.1, -0.05) is 24.0 Å². The van der Waals surface area contributed by atoms with E-state index in [9.17, 15) is 18.0 Å². The molecule has 0 bridgehead atoms. The van der Waals surface area contributed by atoms with E-state index < -0.39 is 22.5 Å². The maximum Gasteiger partial charge on any atom is 0.318 e. The van der Waals surface area contributed by atoms with Crippen LogP contribution in [0.4, 0.5) is 5.69 Å². The number of allylic oxidation sites excluding steroid dienone is 1. The summed E-state index contributed by atoms with van der Waals surface area (Å²) in [6, 6.07) is 15.7. The van der Waals surface area contributed by atoms with E-state index in [0.717, 1.165) is 0 Å². The highest BCUT2D eigenvalue weighted by atomic mass is 32.2. The summed E-state index contributed by atoms with van der Waals surface area (Å²) in [6.07, 6.45) is 2.88. The fraction of sp³-hybridized carbons (Fsp3) is 0.111. The van der Waals surface area contributed by atoms with Crippen molar-refractivity contribution in [2.24, 2.45) is 0 Å². The first kappa shape index (κ1) is 27.0. The van der Waals surface area contributed by atoms with E-state index in [1.54, 1.807) is 30.3 Å². The van der Waals surface area contributed by atoms with Crippen molar-refractivity contribution in [3.8, 4) is 23.3 Å². The third-order valence-electron chi connectivity index (χ3n) is 5.12. The number of carbonyl (C=O) groups excluding carboxylic acids is 1. The second-order valence-corrected chi connectivity index (χ2v) is 9.34. The number of para-hydroxylation sites is 1. The molecule has 0 heterocycles. The van der Waals surface area contributed by atoms with E-state index in [2.05, 4.69) is 11.8 Å². The average molecular weight is 521 g/mol. The number of ether oxygens (including phenoxy) is 2. The van der Waals surface area contributed by atoms with Gasteiger partial charge in [-0.15, -0.1) is 0 Å². The van der Waals surface area contributed by atoms with Gasteiger partial charge in [0.1, 0.15) is 18.0 Å².